The van der Waals surface area contributed by atoms with Crippen LogP contribution in [0.1, 0.15) is 12.0 Å². The first kappa shape index (κ1) is 22.4. The lowest BCUT2D eigenvalue weighted by Gasteiger charge is -2.32. The van der Waals surface area contributed by atoms with Crippen LogP contribution in [0.3, 0.4) is 0 Å². The zero-order valence-electron chi connectivity index (χ0n) is 16.7. The number of nitrogens with two attached hydrogens (primary N) is 1. The van der Waals surface area contributed by atoms with Gasteiger partial charge >= 0.3 is 0 Å². The maximum absolute atomic E-state index is 12.6. The number of rotatable bonds is 6. The van der Waals surface area contributed by atoms with Gasteiger partial charge in [-0.05, 0) is 42.7 Å². The molecular formula is C21H27ClN4O3. The molecule has 0 radical (unpaired) electrons. The van der Waals surface area contributed by atoms with Crippen LogP contribution < -0.4 is 20.7 Å². The average molecular weight is 419 g/mol. The lowest BCUT2D eigenvalue weighted by molar-refractivity contribution is -0.132. The molecule has 1 heterocycles. The van der Waals surface area contributed by atoms with Crippen molar-refractivity contribution in [3.8, 4) is 5.75 Å². The van der Waals surface area contributed by atoms with Gasteiger partial charge < -0.3 is 25.6 Å². The second-order valence-corrected chi connectivity index (χ2v) is 6.90. The number of nitrogen functional groups attached to an aromatic ring is 1. The molecule has 1 aliphatic rings. The Morgan fingerprint density at radius 1 is 1.24 bits per heavy atom. The van der Waals surface area contributed by atoms with Crippen LogP contribution in [0.5, 0.6) is 5.75 Å². The molecular weight excluding hydrogens is 392 g/mol. The minimum atomic E-state index is -0.257. The molecule has 8 heteroatoms. The molecule has 29 heavy (non-hydrogen) atoms. The van der Waals surface area contributed by atoms with E-state index >= 15 is 0 Å². The maximum atomic E-state index is 12.6. The van der Waals surface area contributed by atoms with Crippen LogP contribution in [-0.2, 0) is 16.0 Å². The highest BCUT2D eigenvalue weighted by Gasteiger charge is 2.22. The van der Waals surface area contributed by atoms with E-state index < -0.39 is 0 Å². The number of hydrogen-bond donors (Lipinski definition) is 2. The Morgan fingerprint density at radius 2 is 2.00 bits per heavy atom. The van der Waals surface area contributed by atoms with Crippen LogP contribution in [0.25, 0.3) is 0 Å². The van der Waals surface area contributed by atoms with Crippen molar-refractivity contribution in [2.24, 2.45) is 0 Å². The van der Waals surface area contributed by atoms with E-state index in [1.54, 1.807) is 38.4 Å². The second-order valence-electron chi connectivity index (χ2n) is 6.90. The summed E-state index contributed by atoms with van der Waals surface area (Å²) in [6.45, 7) is 0.999. The first-order chi connectivity index (χ1) is 13.5. The third-order valence-electron chi connectivity index (χ3n) is 4.87. The van der Waals surface area contributed by atoms with Crippen molar-refractivity contribution < 1.29 is 14.3 Å². The fourth-order valence-corrected chi connectivity index (χ4v) is 3.38. The smallest absolute Gasteiger partial charge is 0.243 e. The highest BCUT2D eigenvalue weighted by Crippen LogP contribution is 2.31. The number of halogens is 1. The van der Waals surface area contributed by atoms with E-state index in [0.717, 1.165) is 36.3 Å². The second kappa shape index (κ2) is 10.0. The molecule has 3 N–H and O–H groups in total. The zero-order chi connectivity index (χ0) is 20.1. The highest BCUT2D eigenvalue weighted by atomic mass is 35.5. The molecule has 0 unspecified atom stereocenters. The molecule has 0 spiro atoms. The van der Waals surface area contributed by atoms with Crippen LogP contribution in [-0.4, -0.2) is 50.5 Å². The molecule has 0 aliphatic carbocycles. The summed E-state index contributed by atoms with van der Waals surface area (Å²) in [6.07, 6.45) is 1.88. The molecule has 1 aliphatic heterocycles. The molecule has 0 saturated heterocycles. The lowest BCUT2D eigenvalue weighted by atomic mass is 10.00. The summed E-state index contributed by atoms with van der Waals surface area (Å²) in [7, 11) is 3.21. The summed E-state index contributed by atoms with van der Waals surface area (Å²) in [5.74, 6) is 0.286. The molecule has 0 bridgehead atoms. The predicted molar refractivity (Wildman–Crippen MR) is 118 cm³/mol. The van der Waals surface area contributed by atoms with E-state index in [1.165, 1.54) is 4.90 Å². The first-order valence-electron chi connectivity index (χ1n) is 9.28. The molecule has 0 saturated carbocycles. The van der Waals surface area contributed by atoms with E-state index in [-0.39, 0.29) is 37.3 Å². The number of benzene rings is 2. The number of hydrogen-bond acceptors (Lipinski definition) is 5. The fraction of sp³-hybridized carbons (Fsp3) is 0.333. The van der Waals surface area contributed by atoms with E-state index in [2.05, 4.69) is 5.32 Å². The van der Waals surface area contributed by atoms with Gasteiger partial charge in [-0.1, -0.05) is 12.1 Å². The number of likely N-dealkylation sites (N-methyl/N-ethyl adjacent to an activating group) is 1. The van der Waals surface area contributed by atoms with Crippen molar-refractivity contribution >= 4 is 41.3 Å². The number of nitrogens with zero attached hydrogens (tertiary/aromatic N) is 2. The third-order valence-corrected chi connectivity index (χ3v) is 4.87. The summed E-state index contributed by atoms with van der Waals surface area (Å²) < 4.78 is 5.15. The number of ether oxygens (including phenoxy) is 1. The topological polar surface area (TPSA) is 87.9 Å². The van der Waals surface area contributed by atoms with Gasteiger partial charge in [0.25, 0.3) is 0 Å². The molecule has 3 rings (SSSR count). The number of nitrogens with one attached hydrogen (secondary N) is 1. The molecule has 7 nitrogen and oxygen atoms in total. The van der Waals surface area contributed by atoms with E-state index in [0.29, 0.717) is 11.4 Å². The Kier molecular flexibility index (Phi) is 7.73. The SMILES string of the molecule is COc1cccc(NC(=O)CN(C)C(=O)CN2CCCc3c(N)cccc32)c1.Cl. The van der Waals surface area contributed by atoms with Crippen LogP contribution in [0, 0.1) is 0 Å². The normalized spacial score (nSPS) is 12.4. The van der Waals surface area contributed by atoms with Gasteiger partial charge in [0.05, 0.1) is 20.2 Å². The Bertz CT molecular complexity index is 875. The highest BCUT2D eigenvalue weighted by molar-refractivity contribution is 5.95. The van der Waals surface area contributed by atoms with E-state index in [4.69, 9.17) is 10.5 Å². The van der Waals surface area contributed by atoms with Gasteiger partial charge in [0.15, 0.2) is 0 Å². The van der Waals surface area contributed by atoms with Gasteiger partial charge in [-0.2, -0.15) is 0 Å². The van der Waals surface area contributed by atoms with E-state index in [9.17, 15) is 9.59 Å². The lowest BCUT2D eigenvalue weighted by Crippen LogP contribution is -2.43. The van der Waals surface area contributed by atoms with Crippen molar-refractivity contribution in [1.82, 2.24) is 4.90 Å². The van der Waals surface area contributed by atoms with Gasteiger partial charge in [-0.15, -0.1) is 12.4 Å². The van der Waals surface area contributed by atoms with Crippen LogP contribution in [0.2, 0.25) is 0 Å². The predicted octanol–water partition coefficient (Wildman–Crippen LogP) is 2.55. The van der Waals surface area contributed by atoms with Crippen molar-refractivity contribution in [3.05, 3.63) is 48.0 Å². The van der Waals surface area contributed by atoms with Gasteiger partial charge in [0.1, 0.15) is 5.75 Å². The van der Waals surface area contributed by atoms with Gasteiger partial charge in [-0.25, -0.2) is 0 Å². The standard InChI is InChI=1S/C21H26N4O3.ClH/c1-24(13-20(26)23-15-6-3-7-16(12-15)28-2)21(27)14-25-11-5-8-17-18(22)9-4-10-19(17)25;/h3-4,6-7,9-10,12H,5,8,11,13-14,22H2,1-2H3,(H,23,26);1H. The number of anilines is 3. The summed E-state index contributed by atoms with van der Waals surface area (Å²) >= 11 is 0. The first-order valence-corrected chi connectivity index (χ1v) is 9.28. The summed E-state index contributed by atoms with van der Waals surface area (Å²) in [4.78, 5) is 28.4. The zero-order valence-corrected chi connectivity index (χ0v) is 17.5. The number of carbonyl (C=O) groups is 2. The average Bonchev–Trinajstić information content (AvgIpc) is 2.68. The van der Waals surface area contributed by atoms with Gasteiger partial charge in [-0.3, -0.25) is 9.59 Å². The van der Waals surface area contributed by atoms with Crippen molar-refractivity contribution in [2.75, 3.05) is 49.7 Å². The minimum Gasteiger partial charge on any atom is -0.497 e. The Labute approximate surface area is 177 Å². The molecule has 0 fully saturated rings. The van der Waals surface area contributed by atoms with Crippen LogP contribution in [0.4, 0.5) is 17.1 Å². The van der Waals surface area contributed by atoms with Crippen molar-refractivity contribution in [1.29, 1.82) is 0 Å². The molecule has 156 valence electrons. The number of amides is 2. The number of carbonyl (C=O) groups excluding carboxylic acids is 2. The maximum Gasteiger partial charge on any atom is 0.243 e. The Hall–Kier alpha value is -2.93. The molecule has 0 atom stereocenters. The molecule has 0 aromatic heterocycles. The molecule has 2 amide bonds. The summed E-state index contributed by atoms with van der Waals surface area (Å²) in [5, 5.41) is 2.79. The Balaban J connectivity index is 0.00000300. The quantitative estimate of drug-likeness (QED) is 0.704. The molecule has 2 aromatic carbocycles. The summed E-state index contributed by atoms with van der Waals surface area (Å²) in [6, 6.07) is 12.9. The Morgan fingerprint density at radius 3 is 2.76 bits per heavy atom. The van der Waals surface area contributed by atoms with Gasteiger partial charge in [0.2, 0.25) is 11.8 Å². The largest absolute Gasteiger partial charge is 0.497 e. The fourth-order valence-electron chi connectivity index (χ4n) is 3.38. The summed E-state index contributed by atoms with van der Waals surface area (Å²) in [5.41, 5.74) is 9.57. The van der Waals surface area contributed by atoms with E-state index in [1.807, 2.05) is 23.1 Å². The number of methoxy groups -OCH3 is 1. The minimum absolute atomic E-state index is 0. The van der Waals surface area contributed by atoms with Crippen molar-refractivity contribution in [3.63, 3.8) is 0 Å². The third kappa shape index (κ3) is 5.54. The monoisotopic (exact) mass is 418 g/mol. The van der Waals surface area contributed by atoms with Crippen LogP contribution >= 0.6 is 12.4 Å². The van der Waals surface area contributed by atoms with Gasteiger partial charge in [0, 0.05) is 36.7 Å². The van der Waals surface area contributed by atoms with Crippen LogP contribution in [0.15, 0.2) is 42.5 Å². The van der Waals surface area contributed by atoms with Crippen molar-refractivity contribution in [2.45, 2.75) is 12.8 Å². The molecule has 2 aromatic rings. The number of fused-ring (bicyclic) bond motifs is 1.